The summed E-state index contributed by atoms with van der Waals surface area (Å²) in [6.07, 6.45) is 0. The molecule has 0 fully saturated rings. The maximum absolute atomic E-state index is 13.0. The second-order valence-electron chi connectivity index (χ2n) is 4.06. The van der Waals surface area contributed by atoms with Crippen LogP contribution < -0.4 is 10.1 Å². The van der Waals surface area contributed by atoms with Gasteiger partial charge in [0.05, 0.1) is 11.6 Å². The second kappa shape index (κ2) is 6.91. The van der Waals surface area contributed by atoms with Crippen molar-refractivity contribution in [2.24, 2.45) is 0 Å². The highest BCUT2D eigenvalue weighted by Crippen LogP contribution is 2.33. The molecule has 0 spiro atoms. The Morgan fingerprint density at radius 1 is 1.10 bits per heavy atom. The van der Waals surface area contributed by atoms with E-state index in [1.807, 2.05) is 12.1 Å². The predicted molar refractivity (Wildman–Crippen MR) is 89.8 cm³/mol. The third-order valence-corrected chi connectivity index (χ3v) is 4.39. The smallest absolute Gasteiger partial charge is 0.138 e. The number of anilines is 1. The van der Waals surface area contributed by atoms with Crippen molar-refractivity contribution in [3.05, 3.63) is 55.1 Å². The molecule has 2 aromatic rings. The molecule has 2 aromatic carbocycles. The highest BCUT2D eigenvalue weighted by molar-refractivity contribution is 9.11. The first-order valence-corrected chi connectivity index (χ1v) is 8.10. The Kier molecular flexibility index (Phi) is 5.46. The van der Waals surface area contributed by atoms with Crippen molar-refractivity contribution in [1.29, 1.82) is 0 Å². The van der Waals surface area contributed by atoms with Crippen molar-refractivity contribution in [3.8, 4) is 5.75 Å². The summed E-state index contributed by atoms with van der Waals surface area (Å²) >= 11 is 10.3. The molecule has 1 N–H and O–H groups in total. The summed E-state index contributed by atoms with van der Waals surface area (Å²) in [7, 11) is 1.63. The summed E-state index contributed by atoms with van der Waals surface area (Å²) in [6.45, 7) is 0.561. The molecule has 0 aliphatic heterocycles. The van der Waals surface area contributed by atoms with Crippen LogP contribution in [0.25, 0.3) is 0 Å². The van der Waals surface area contributed by atoms with Crippen LogP contribution in [0.4, 0.5) is 10.1 Å². The summed E-state index contributed by atoms with van der Waals surface area (Å²) in [5.41, 5.74) is 1.81. The fourth-order valence-electron chi connectivity index (χ4n) is 1.80. The molecule has 2 nitrogen and oxygen atoms in total. The first-order valence-electron chi connectivity index (χ1n) is 5.72. The van der Waals surface area contributed by atoms with Crippen LogP contribution in [0.15, 0.2) is 43.7 Å². The van der Waals surface area contributed by atoms with E-state index in [1.165, 1.54) is 12.1 Å². The Hall–Kier alpha value is -0.590. The van der Waals surface area contributed by atoms with Gasteiger partial charge in [0.15, 0.2) is 0 Å². The standard InChI is InChI=1S/C14H11Br3FNO/c1-20-14-8(4-9(15)5-12(14)17)7-19-13-3-2-10(18)6-11(13)16/h2-6,19H,7H2,1H3. The zero-order valence-corrected chi connectivity index (χ0v) is 15.3. The van der Waals surface area contributed by atoms with Crippen LogP contribution in [0.1, 0.15) is 5.56 Å². The minimum atomic E-state index is -0.273. The van der Waals surface area contributed by atoms with Gasteiger partial charge in [0.25, 0.3) is 0 Å². The molecule has 0 saturated carbocycles. The van der Waals surface area contributed by atoms with Gasteiger partial charge in [0.2, 0.25) is 0 Å². The summed E-state index contributed by atoms with van der Waals surface area (Å²) in [5, 5.41) is 3.25. The van der Waals surface area contributed by atoms with Crippen LogP contribution in [0.3, 0.4) is 0 Å². The lowest BCUT2D eigenvalue weighted by atomic mass is 10.2. The first kappa shape index (κ1) is 15.8. The number of halogens is 4. The third-order valence-electron chi connectivity index (χ3n) is 2.69. The summed E-state index contributed by atoms with van der Waals surface area (Å²) < 4.78 is 21.0. The van der Waals surface area contributed by atoms with Gasteiger partial charge in [-0.05, 0) is 62.2 Å². The normalized spacial score (nSPS) is 10.4. The zero-order valence-electron chi connectivity index (χ0n) is 10.5. The van der Waals surface area contributed by atoms with Crippen LogP contribution >= 0.6 is 47.8 Å². The number of rotatable bonds is 4. The number of hydrogen-bond acceptors (Lipinski definition) is 2. The molecule has 0 aliphatic rings. The molecule has 0 unspecified atom stereocenters. The molecule has 0 aliphatic carbocycles. The van der Waals surface area contributed by atoms with Gasteiger partial charge in [-0.15, -0.1) is 0 Å². The monoisotopic (exact) mass is 465 g/mol. The molecular weight excluding hydrogens is 457 g/mol. The number of nitrogens with one attached hydrogen (secondary N) is 1. The maximum Gasteiger partial charge on any atom is 0.138 e. The average molecular weight is 468 g/mol. The van der Waals surface area contributed by atoms with Gasteiger partial charge >= 0.3 is 0 Å². The zero-order chi connectivity index (χ0) is 14.7. The van der Waals surface area contributed by atoms with E-state index in [-0.39, 0.29) is 5.82 Å². The Morgan fingerprint density at radius 3 is 2.50 bits per heavy atom. The van der Waals surface area contributed by atoms with Gasteiger partial charge in [-0.2, -0.15) is 0 Å². The van der Waals surface area contributed by atoms with E-state index in [0.717, 1.165) is 25.9 Å². The van der Waals surface area contributed by atoms with Crippen molar-refractivity contribution in [2.45, 2.75) is 6.54 Å². The summed E-state index contributed by atoms with van der Waals surface area (Å²) in [4.78, 5) is 0. The van der Waals surface area contributed by atoms with E-state index in [2.05, 4.69) is 53.1 Å². The Labute approximate surface area is 142 Å². The van der Waals surface area contributed by atoms with E-state index >= 15 is 0 Å². The molecule has 2 rings (SSSR count). The summed E-state index contributed by atoms with van der Waals surface area (Å²) in [6, 6.07) is 8.45. The number of ether oxygens (including phenoxy) is 1. The highest BCUT2D eigenvalue weighted by Gasteiger charge is 2.10. The van der Waals surface area contributed by atoms with Crippen molar-refractivity contribution in [2.75, 3.05) is 12.4 Å². The fraction of sp³-hybridized carbons (Fsp3) is 0.143. The maximum atomic E-state index is 13.0. The lowest BCUT2D eigenvalue weighted by Gasteiger charge is -2.14. The molecule has 0 amide bonds. The van der Waals surface area contributed by atoms with Crippen molar-refractivity contribution in [1.82, 2.24) is 0 Å². The molecule has 0 atom stereocenters. The van der Waals surface area contributed by atoms with Gasteiger partial charge in [-0.1, -0.05) is 15.9 Å². The lowest BCUT2D eigenvalue weighted by molar-refractivity contribution is 0.407. The Balaban J connectivity index is 2.22. The fourth-order valence-corrected chi connectivity index (χ4v) is 3.76. The van der Waals surface area contributed by atoms with Crippen LogP contribution in [0.2, 0.25) is 0 Å². The van der Waals surface area contributed by atoms with Gasteiger partial charge in [-0.3, -0.25) is 0 Å². The molecule has 0 saturated heterocycles. The minimum Gasteiger partial charge on any atom is -0.495 e. The molecule has 0 aromatic heterocycles. The first-order chi connectivity index (χ1) is 9.51. The van der Waals surface area contributed by atoms with Crippen LogP contribution in [0, 0.1) is 5.82 Å². The Morgan fingerprint density at radius 2 is 1.85 bits per heavy atom. The van der Waals surface area contributed by atoms with Crippen molar-refractivity contribution >= 4 is 53.5 Å². The number of methoxy groups -OCH3 is 1. The Bertz CT molecular complexity index is 634. The molecule has 106 valence electrons. The van der Waals surface area contributed by atoms with E-state index in [9.17, 15) is 4.39 Å². The topological polar surface area (TPSA) is 21.3 Å². The molecule has 6 heteroatoms. The number of hydrogen-bond donors (Lipinski definition) is 1. The van der Waals surface area contributed by atoms with Gasteiger partial charge in [-0.25, -0.2) is 4.39 Å². The van der Waals surface area contributed by atoms with Crippen molar-refractivity contribution < 1.29 is 9.13 Å². The van der Waals surface area contributed by atoms with Gasteiger partial charge in [0, 0.05) is 26.7 Å². The van der Waals surface area contributed by atoms with Crippen LogP contribution in [-0.4, -0.2) is 7.11 Å². The highest BCUT2D eigenvalue weighted by atomic mass is 79.9. The average Bonchev–Trinajstić information content (AvgIpc) is 2.37. The van der Waals surface area contributed by atoms with E-state index in [1.54, 1.807) is 13.2 Å². The molecule has 20 heavy (non-hydrogen) atoms. The van der Waals surface area contributed by atoms with Gasteiger partial charge in [0.1, 0.15) is 11.6 Å². The van der Waals surface area contributed by atoms with E-state index in [4.69, 9.17) is 4.74 Å². The van der Waals surface area contributed by atoms with Crippen LogP contribution in [0.5, 0.6) is 5.75 Å². The SMILES string of the molecule is COc1c(Br)cc(Br)cc1CNc1ccc(F)cc1Br. The third kappa shape index (κ3) is 3.74. The van der Waals surface area contributed by atoms with Gasteiger partial charge < -0.3 is 10.1 Å². The van der Waals surface area contributed by atoms with Crippen molar-refractivity contribution in [3.63, 3.8) is 0 Å². The van der Waals surface area contributed by atoms with E-state index in [0.29, 0.717) is 11.0 Å². The molecule has 0 heterocycles. The summed E-state index contributed by atoms with van der Waals surface area (Å²) in [5.74, 6) is 0.504. The number of benzene rings is 2. The molecule has 0 radical (unpaired) electrons. The second-order valence-corrected chi connectivity index (χ2v) is 6.68. The predicted octanol–water partition coefficient (Wildman–Crippen LogP) is 5.73. The molecule has 0 bridgehead atoms. The largest absolute Gasteiger partial charge is 0.495 e. The lowest BCUT2D eigenvalue weighted by Crippen LogP contribution is -2.03. The van der Waals surface area contributed by atoms with Crippen LogP contribution in [-0.2, 0) is 6.54 Å². The minimum absolute atomic E-state index is 0.273. The molecular formula is C14H11Br3FNO. The quantitative estimate of drug-likeness (QED) is 0.619. The van der Waals surface area contributed by atoms with E-state index < -0.39 is 0 Å².